The molecule has 2 aromatic rings. The lowest BCUT2D eigenvalue weighted by atomic mass is 10.2. The Balaban J connectivity index is 2.57. The van der Waals surface area contributed by atoms with Crippen LogP contribution in [0, 0.1) is 0 Å². The van der Waals surface area contributed by atoms with E-state index in [0.29, 0.717) is 5.69 Å². The molecule has 13 heavy (non-hydrogen) atoms. The summed E-state index contributed by atoms with van der Waals surface area (Å²) < 4.78 is 1.86. The summed E-state index contributed by atoms with van der Waals surface area (Å²) >= 11 is 0. The summed E-state index contributed by atoms with van der Waals surface area (Å²) in [5.41, 5.74) is 6.90. The van der Waals surface area contributed by atoms with Gasteiger partial charge in [0.2, 0.25) is 0 Å². The Bertz CT molecular complexity index is 410. The van der Waals surface area contributed by atoms with Crippen LogP contribution in [0.15, 0.2) is 30.7 Å². The van der Waals surface area contributed by atoms with Crippen LogP contribution in [0.4, 0.5) is 0 Å². The minimum absolute atomic E-state index is 0.196. The zero-order chi connectivity index (χ0) is 9.26. The van der Waals surface area contributed by atoms with Crippen LogP contribution in [0.25, 0.3) is 5.52 Å². The molecule has 0 aliphatic heterocycles. The smallest absolute Gasteiger partial charge is 0.110 e. The quantitative estimate of drug-likeness (QED) is 0.694. The molecule has 2 heterocycles. The van der Waals surface area contributed by atoms with E-state index in [1.165, 1.54) is 0 Å². The van der Waals surface area contributed by atoms with Crippen molar-refractivity contribution in [2.24, 2.45) is 5.73 Å². The summed E-state index contributed by atoms with van der Waals surface area (Å²) in [6.45, 7) is 0.196. The highest BCUT2D eigenvalue weighted by Crippen LogP contribution is 2.15. The first kappa shape index (κ1) is 8.22. The predicted octanol–water partition coefficient (Wildman–Crippen LogP) is 0.326. The maximum Gasteiger partial charge on any atom is 0.110 e. The number of aliphatic hydroxyl groups excluding tert-OH is 1. The molecule has 0 bridgehead atoms. The molecule has 4 nitrogen and oxygen atoms in total. The van der Waals surface area contributed by atoms with Gasteiger partial charge in [0.15, 0.2) is 0 Å². The second-order valence-electron chi connectivity index (χ2n) is 2.87. The first-order valence-electron chi connectivity index (χ1n) is 4.12. The van der Waals surface area contributed by atoms with Gasteiger partial charge < -0.3 is 15.2 Å². The molecule has 68 valence electrons. The van der Waals surface area contributed by atoms with Gasteiger partial charge in [0.25, 0.3) is 0 Å². The van der Waals surface area contributed by atoms with Crippen molar-refractivity contribution in [1.82, 2.24) is 9.38 Å². The number of rotatable bonds is 2. The molecular weight excluding hydrogens is 166 g/mol. The van der Waals surface area contributed by atoms with Gasteiger partial charge in [-0.2, -0.15) is 0 Å². The van der Waals surface area contributed by atoms with Gasteiger partial charge in [0.1, 0.15) is 6.10 Å². The number of fused-ring (bicyclic) bond motifs is 1. The molecule has 3 N–H and O–H groups in total. The molecule has 0 aliphatic carbocycles. The molecule has 2 rings (SSSR count). The van der Waals surface area contributed by atoms with Crippen molar-refractivity contribution < 1.29 is 5.11 Å². The standard InChI is InChI=1S/C9H11N3O/c10-5-8(13)9-7-3-1-2-4-12(7)6-11-9/h1-4,6,8,13H,5,10H2. The fraction of sp³-hybridized carbons (Fsp3) is 0.222. The highest BCUT2D eigenvalue weighted by atomic mass is 16.3. The summed E-state index contributed by atoms with van der Waals surface area (Å²) in [5.74, 6) is 0. The molecule has 2 aromatic heterocycles. The molecule has 1 unspecified atom stereocenters. The Morgan fingerprint density at radius 3 is 3.15 bits per heavy atom. The van der Waals surface area contributed by atoms with E-state index in [0.717, 1.165) is 5.52 Å². The highest BCUT2D eigenvalue weighted by Gasteiger charge is 2.11. The maximum absolute atomic E-state index is 9.52. The molecule has 0 aromatic carbocycles. The lowest BCUT2D eigenvalue weighted by Gasteiger charge is -2.03. The second-order valence-corrected chi connectivity index (χ2v) is 2.87. The van der Waals surface area contributed by atoms with E-state index >= 15 is 0 Å². The first-order chi connectivity index (χ1) is 6.33. The average Bonchev–Trinajstić information content (AvgIpc) is 2.60. The van der Waals surface area contributed by atoms with Crippen molar-refractivity contribution in [3.63, 3.8) is 0 Å². The van der Waals surface area contributed by atoms with Gasteiger partial charge in [0, 0.05) is 12.7 Å². The van der Waals surface area contributed by atoms with Crippen molar-refractivity contribution in [3.8, 4) is 0 Å². The third kappa shape index (κ3) is 1.30. The van der Waals surface area contributed by atoms with Crippen molar-refractivity contribution in [2.75, 3.05) is 6.54 Å². The highest BCUT2D eigenvalue weighted by molar-refractivity contribution is 5.52. The third-order valence-corrected chi connectivity index (χ3v) is 2.01. The molecule has 4 heteroatoms. The average molecular weight is 177 g/mol. The topological polar surface area (TPSA) is 63.5 Å². The molecule has 0 saturated carbocycles. The van der Waals surface area contributed by atoms with Gasteiger partial charge in [-0.05, 0) is 12.1 Å². The van der Waals surface area contributed by atoms with E-state index in [1.54, 1.807) is 6.33 Å². The molecule has 0 fully saturated rings. The third-order valence-electron chi connectivity index (χ3n) is 2.01. The number of aromatic nitrogens is 2. The monoisotopic (exact) mass is 177 g/mol. The van der Waals surface area contributed by atoms with Gasteiger partial charge in [-0.1, -0.05) is 6.07 Å². The van der Waals surface area contributed by atoms with Crippen molar-refractivity contribution >= 4 is 5.52 Å². The van der Waals surface area contributed by atoms with Crippen molar-refractivity contribution in [2.45, 2.75) is 6.10 Å². The summed E-state index contributed by atoms with van der Waals surface area (Å²) in [6.07, 6.45) is 2.88. The van der Waals surface area contributed by atoms with Crippen LogP contribution in [0.3, 0.4) is 0 Å². The zero-order valence-corrected chi connectivity index (χ0v) is 7.09. The second kappa shape index (κ2) is 3.16. The van der Waals surface area contributed by atoms with Crippen LogP contribution in [-0.2, 0) is 0 Å². The summed E-state index contributed by atoms with van der Waals surface area (Å²) in [4.78, 5) is 4.10. The molecule has 0 aliphatic rings. The van der Waals surface area contributed by atoms with Crippen LogP contribution < -0.4 is 5.73 Å². The fourth-order valence-corrected chi connectivity index (χ4v) is 1.33. The fourth-order valence-electron chi connectivity index (χ4n) is 1.33. The minimum atomic E-state index is -0.674. The largest absolute Gasteiger partial charge is 0.385 e. The molecule has 0 spiro atoms. The molecule has 0 saturated heterocycles. The Labute approximate surface area is 75.6 Å². The molecule has 0 amide bonds. The summed E-state index contributed by atoms with van der Waals surface area (Å²) in [7, 11) is 0. The lowest BCUT2D eigenvalue weighted by molar-refractivity contribution is 0.184. The zero-order valence-electron chi connectivity index (χ0n) is 7.09. The van der Waals surface area contributed by atoms with E-state index in [9.17, 15) is 5.11 Å². The Morgan fingerprint density at radius 1 is 1.54 bits per heavy atom. The van der Waals surface area contributed by atoms with Crippen LogP contribution in [0.2, 0.25) is 0 Å². The Kier molecular flexibility index (Phi) is 2.00. The number of pyridine rings is 1. The number of imidazole rings is 1. The maximum atomic E-state index is 9.52. The van der Waals surface area contributed by atoms with E-state index in [4.69, 9.17) is 5.73 Å². The lowest BCUT2D eigenvalue weighted by Crippen LogP contribution is -2.12. The Morgan fingerprint density at radius 2 is 2.38 bits per heavy atom. The normalized spacial score (nSPS) is 13.4. The van der Waals surface area contributed by atoms with E-state index in [2.05, 4.69) is 4.98 Å². The van der Waals surface area contributed by atoms with Gasteiger partial charge in [-0.3, -0.25) is 0 Å². The number of hydrogen-bond donors (Lipinski definition) is 2. The van der Waals surface area contributed by atoms with Crippen LogP contribution >= 0.6 is 0 Å². The number of hydrogen-bond acceptors (Lipinski definition) is 3. The predicted molar refractivity (Wildman–Crippen MR) is 49.2 cm³/mol. The summed E-state index contributed by atoms with van der Waals surface area (Å²) in [6, 6.07) is 5.72. The first-order valence-corrected chi connectivity index (χ1v) is 4.12. The van der Waals surface area contributed by atoms with Crippen LogP contribution in [0.1, 0.15) is 11.8 Å². The number of aliphatic hydroxyl groups is 1. The van der Waals surface area contributed by atoms with Gasteiger partial charge >= 0.3 is 0 Å². The molecule has 0 radical (unpaired) electrons. The van der Waals surface area contributed by atoms with E-state index < -0.39 is 6.10 Å². The van der Waals surface area contributed by atoms with Gasteiger partial charge in [-0.15, -0.1) is 0 Å². The number of nitrogens with zero attached hydrogens (tertiary/aromatic N) is 2. The van der Waals surface area contributed by atoms with Gasteiger partial charge in [0.05, 0.1) is 17.5 Å². The van der Waals surface area contributed by atoms with Gasteiger partial charge in [-0.25, -0.2) is 4.98 Å². The van der Waals surface area contributed by atoms with E-state index in [-0.39, 0.29) is 6.54 Å². The van der Waals surface area contributed by atoms with E-state index in [1.807, 2.05) is 28.8 Å². The number of nitrogens with two attached hydrogens (primary N) is 1. The minimum Gasteiger partial charge on any atom is -0.385 e. The van der Waals surface area contributed by atoms with Crippen molar-refractivity contribution in [3.05, 3.63) is 36.4 Å². The van der Waals surface area contributed by atoms with Crippen molar-refractivity contribution in [1.29, 1.82) is 0 Å². The summed E-state index contributed by atoms with van der Waals surface area (Å²) in [5, 5.41) is 9.52. The SMILES string of the molecule is NCC(O)c1ncn2ccccc12. The Hall–Kier alpha value is -1.39. The van der Waals surface area contributed by atoms with Crippen LogP contribution in [-0.4, -0.2) is 21.0 Å². The van der Waals surface area contributed by atoms with Crippen LogP contribution in [0.5, 0.6) is 0 Å². The molecular formula is C9H11N3O. The molecule has 1 atom stereocenters.